The van der Waals surface area contributed by atoms with Gasteiger partial charge in [0.05, 0.1) is 22.4 Å². The van der Waals surface area contributed by atoms with E-state index in [1.807, 2.05) is 66.7 Å². The molecule has 4 aromatic carbocycles. The van der Waals surface area contributed by atoms with Crippen molar-refractivity contribution in [2.75, 3.05) is 0 Å². The Hall–Kier alpha value is -4.31. The van der Waals surface area contributed by atoms with Crippen molar-refractivity contribution in [1.82, 2.24) is 14.5 Å². The molecule has 0 atom stereocenters. The van der Waals surface area contributed by atoms with Crippen LogP contribution in [0.15, 0.2) is 108 Å². The number of furan rings is 1. The van der Waals surface area contributed by atoms with Crippen LogP contribution in [0, 0.1) is 12.1 Å². The van der Waals surface area contributed by atoms with Crippen molar-refractivity contribution < 1.29 is 24.5 Å². The molecule has 0 unspecified atom stereocenters. The van der Waals surface area contributed by atoms with Gasteiger partial charge in [0.1, 0.15) is 5.58 Å². The van der Waals surface area contributed by atoms with Crippen LogP contribution < -0.4 is 0 Å². The predicted octanol–water partition coefficient (Wildman–Crippen LogP) is 9.10. The van der Waals surface area contributed by atoms with Gasteiger partial charge in [-0.25, -0.2) is 0 Å². The number of benzene rings is 4. The Balaban J connectivity index is 0.000000145. The normalized spacial score (nSPS) is 12.0. The van der Waals surface area contributed by atoms with Crippen LogP contribution in [0.4, 0.5) is 0 Å². The van der Waals surface area contributed by atoms with Gasteiger partial charge in [-0.3, -0.25) is 4.98 Å². The Morgan fingerprint density at radius 2 is 1.73 bits per heavy atom. The third-order valence-corrected chi connectivity index (χ3v) is 7.36. The van der Waals surface area contributed by atoms with Crippen LogP contribution >= 0.6 is 0 Å². The Morgan fingerprint density at radius 3 is 2.54 bits per heavy atom. The first-order valence-electron chi connectivity index (χ1n) is 13.6. The number of fused-ring (bicyclic) bond motifs is 3. The summed E-state index contributed by atoms with van der Waals surface area (Å²) >= 11 is 0. The average molecular weight is 710 g/mol. The third-order valence-electron chi connectivity index (χ3n) is 7.36. The van der Waals surface area contributed by atoms with Crippen LogP contribution in [0.3, 0.4) is 0 Å². The number of rotatable bonds is 3. The quantitative estimate of drug-likeness (QED) is 0.172. The zero-order valence-electron chi connectivity index (χ0n) is 22.8. The summed E-state index contributed by atoms with van der Waals surface area (Å²) in [6.45, 7) is 5.33. The van der Waals surface area contributed by atoms with E-state index in [1.54, 1.807) is 6.20 Å². The zero-order valence-corrected chi connectivity index (χ0v) is 25.2. The maximum atomic E-state index is 5.97. The fraction of sp³-hybridized carbons (Fsp3) is 0.111. The summed E-state index contributed by atoms with van der Waals surface area (Å²) in [5, 5.41) is 2.23. The summed E-state index contributed by atoms with van der Waals surface area (Å²) < 4.78 is 8.26. The summed E-state index contributed by atoms with van der Waals surface area (Å²) in [5.74, 6) is 1.52. The van der Waals surface area contributed by atoms with Crippen molar-refractivity contribution in [2.24, 2.45) is 0 Å². The van der Waals surface area contributed by atoms with Crippen LogP contribution in [0.25, 0.3) is 61.7 Å². The summed E-state index contributed by atoms with van der Waals surface area (Å²) in [4.78, 5) is 9.27. The fourth-order valence-electron chi connectivity index (χ4n) is 5.38. The number of imidazole rings is 1. The molecule has 5 heteroatoms. The van der Waals surface area contributed by atoms with Gasteiger partial charge in [-0.2, -0.15) is 0 Å². The standard InChI is InChI=1S/C19H17N2.C17H10NO.Ir/c1-13(2)16-11-15-9-6-10-21-18(15)17(12-16)20-19(21)14-7-4-3-5-8-14;1-2-10-16-12(6-1)13-7-5-8-14(17(13)19-16)15-9-3-4-11-18-15;/h3-7,9,11-13H,10H2,1-2H3;1-7,9-11H;/q2*-1;. The van der Waals surface area contributed by atoms with Gasteiger partial charge in [0.15, 0.2) is 0 Å². The van der Waals surface area contributed by atoms with Crippen LogP contribution in [0.1, 0.15) is 30.9 Å². The molecule has 0 saturated heterocycles. The molecule has 1 aliphatic heterocycles. The number of hydrogen-bond donors (Lipinski definition) is 0. The minimum atomic E-state index is 0. The van der Waals surface area contributed by atoms with Crippen molar-refractivity contribution in [1.29, 1.82) is 0 Å². The Labute approximate surface area is 252 Å². The molecule has 0 saturated carbocycles. The number of pyridine rings is 1. The largest absolute Gasteiger partial charge is 0.501 e. The van der Waals surface area contributed by atoms with Crippen molar-refractivity contribution in [3.8, 4) is 22.6 Å². The number of aromatic nitrogens is 3. The van der Waals surface area contributed by atoms with Crippen molar-refractivity contribution >= 4 is 39.0 Å². The second kappa shape index (κ2) is 11.3. The first kappa shape index (κ1) is 26.9. The summed E-state index contributed by atoms with van der Waals surface area (Å²) in [5.41, 5.74) is 9.55. The summed E-state index contributed by atoms with van der Waals surface area (Å²) in [6.07, 6.45) is 6.21. The number of hydrogen-bond acceptors (Lipinski definition) is 3. The van der Waals surface area contributed by atoms with E-state index in [-0.39, 0.29) is 20.1 Å². The van der Waals surface area contributed by atoms with E-state index >= 15 is 0 Å². The van der Waals surface area contributed by atoms with E-state index in [4.69, 9.17) is 9.40 Å². The molecule has 0 spiro atoms. The molecule has 41 heavy (non-hydrogen) atoms. The molecule has 0 N–H and O–H groups in total. The molecule has 7 aromatic rings. The van der Waals surface area contributed by atoms with Crippen LogP contribution in [0.2, 0.25) is 0 Å². The van der Waals surface area contributed by atoms with E-state index in [0.29, 0.717) is 5.92 Å². The van der Waals surface area contributed by atoms with Crippen molar-refractivity contribution in [3.63, 3.8) is 0 Å². The minimum Gasteiger partial charge on any atom is -0.501 e. The molecule has 0 aliphatic carbocycles. The van der Waals surface area contributed by atoms with E-state index in [0.717, 1.165) is 56.6 Å². The number of allylic oxidation sites excluding steroid dienone is 1. The third kappa shape index (κ3) is 4.93. The van der Waals surface area contributed by atoms with Gasteiger partial charge in [0, 0.05) is 38.2 Å². The molecule has 0 amide bonds. The minimum absolute atomic E-state index is 0. The van der Waals surface area contributed by atoms with Crippen LogP contribution in [-0.4, -0.2) is 14.5 Å². The van der Waals surface area contributed by atoms with E-state index in [2.05, 4.69) is 71.9 Å². The molecule has 1 radical (unpaired) electrons. The molecular weight excluding hydrogens is 683 g/mol. The maximum absolute atomic E-state index is 5.97. The average Bonchev–Trinajstić information content (AvgIpc) is 3.58. The van der Waals surface area contributed by atoms with E-state index in [9.17, 15) is 0 Å². The van der Waals surface area contributed by atoms with Crippen LogP contribution in [-0.2, 0) is 26.7 Å². The van der Waals surface area contributed by atoms with Gasteiger partial charge < -0.3 is 14.0 Å². The second-order valence-corrected chi connectivity index (χ2v) is 10.3. The molecule has 4 nitrogen and oxygen atoms in total. The predicted molar refractivity (Wildman–Crippen MR) is 163 cm³/mol. The molecule has 0 bridgehead atoms. The summed E-state index contributed by atoms with van der Waals surface area (Å²) in [6, 6.07) is 37.0. The molecule has 203 valence electrons. The topological polar surface area (TPSA) is 43.9 Å². The zero-order chi connectivity index (χ0) is 27.1. The fourth-order valence-corrected chi connectivity index (χ4v) is 5.38. The number of para-hydroxylation sites is 1. The molecule has 4 heterocycles. The van der Waals surface area contributed by atoms with Gasteiger partial charge in [0.25, 0.3) is 0 Å². The first-order valence-corrected chi connectivity index (χ1v) is 13.6. The van der Waals surface area contributed by atoms with Gasteiger partial charge >= 0.3 is 0 Å². The van der Waals surface area contributed by atoms with Crippen LogP contribution in [0.5, 0.6) is 0 Å². The summed E-state index contributed by atoms with van der Waals surface area (Å²) in [7, 11) is 0. The molecule has 0 fully saturated rings. The first-order chi connectivity index (χ1) is 19.7. The van der Waals surface area contributed by atoms with Gasteiger partial charge in [0.2, 0.25) is 0 Å². The smallest absolute Gasteiger partial charge is 0.120 e. The van der Waals surface area contributed by atoms with E-state index in [1.165, 1.54) is 16.6 Å². The monoisotopic (exact) mass is 710 g/mol. The number of nitrogens with zero attached hydrogens (tertiary/aromatic N) is 3. The molecule has 3 aromatic heterocycles. The van der Waals surface area contributed by atoms with Crippen molar-refractivity contribution in [2.45, 2.75) is 26.3 Å². The van der Waals surface area contributed by atoms with E-state index < -0.39 is 0 Å². The maximum Gasteiger partial charge on any atom is 0.120 e. The van der Waals surface area contributed by atoms with Gasteiger partial charge in [-0.1, -0.05) is 67.3 Å². The molecule has 1 aliphatic rings. The Morgan fingerprint density at radius 1 is 0.878 bits per heavy atom. The van der Waals surface area contributed by atoms with Gasteiger partial charge in [-0.15, -0.1) is 54.1 Å². The van der Waals surface area contributed by atoms with Crippen molar-refractivity contribution in [3.05, 3.63) is 127 Å². The second-order valence-electron chi connectivity index (χ2n) is 10.3. The Bertz CT molecular complexity index is 2000. The molecule has 8 rings (SSSR count). The van der Waals surface area contributed by atoms with Gasteiger partial charge in [-0.05, 0) is 47.0 Å². The SMILES string of the molecule is CC(C)c1cc2c3c(c1)nc(-c1[c-]cccc1)n3CC=C2.[Ir].[c-]1ccc2c(oc3ccccc32)c1-c1ccccn1. The molecular formula is C36H27IrN3O-2. The Kier molecular flexibility index (Phi) is 7.40.